The molecule has 0 saturated heterocycles. The topological polar surface area (TPSA) is 97.4 Å². The van der Waals surface area contributed by atoms with Crippen molar-refractivity contribution in [2.45, 2.75) is 19.8 Å². The Morgan fingerprint density at radius 1 is 1.12 bits per heavy atom. The number of nitrogens with zero attached hydrogens (tertiary/aromatic N) is 2. The number of rotatable bonds is 10. The quantitative estimate of drug-likeness (QED) is 0.193. The zero-order chi connectivity index (χ0) is 28.4. The molecular weight excluding hydrogens is 516 g/mol. The van der Waals surface area contributed by atoms with Crippen LogP contribution in [-0.4, -0.2) is 36.6 Å². The van der Waals surface area contributed by atoms with Crippen LogP contribution in [0, 0.1) is 24.5 Å². The van der Waals surface area contributed by atoms with Crippen LogP contribution in [0.1, 0.15) is 18.4 Å². The Morgan fingerprint density at radius 2 is 1.85 bits per heavy atom. The van der Waals surface area contributed by atoms with Crippen LogP contribution in [-0.2, 0) is 4.79 Å². The van der Waals surface area contributed by atoms with Crippen molar-refractivity contribution in [1.82, 2.24) is 9.97 Å². The predicted molar refractivity (Wildman–Crippen MR) is 152 cm³/mol. The first kappa shape index (κ1) is 26.9. The second kappa shape index (κ2) is 11.2. The number of halogens is 2. The third-order valence-corrected chi connectivity index (χ3v) is 6.77. The van der Waals surface area contributed by atoms with Crippen LogP contribution in [0.3, 0.4) is 0 Å². The van der Waals surface area contributed by atoms with Crippen LogP contribution in [0.2, 0.25) is 0 Å². The minimum atomic E-state index is -0.874. The van der Waals surface area contributed by atoms with Crippen molar-refractivity contribution in [3.05, 3.63) is 72.4 Å². The maximum Gasteiger partial charge on any atom is 0.247 e. The Balaban J connectivity index is 1.61. The smallest absolute Gasteiger partial charge is 0.247 e. The lowest BCUT2D eigenvalue weighted by Crippen LogP contribution is -2.10. The van der Waals surface area contributed by atoms with E-state index in [1.54, 1.807) is 18.3 Å². The number of amides is 1. The van der Waals surface area contributed by atoms with E-state index in [0.717, 1.165) is 24.5 Å². The molecule has 3 N–H and O–H groups in total. The molecule has 1 amide bonds. The number of hydrogen-bond acceptors (Lipinski definition) is 7. The number of aryl methyl sites for hydroxylation is 1. The van der Waals surface area contributed by atoms with Crippen molar-refractivity contribution < 1.29 is 23.0 Å². The monoisotopic (exact) mass is 545 g/mol. The Labute approximate surface area is 230 Å². The van der Waals surface area contributed by atoms with Crippen LogP contribution >= 0.6 is 0 Å². The average Bonchev–Trinajstić information content (AvgIpc) is 3.78. The molecule has 5 rings (SSSR count). The minimum Gasteiger partial charge on any atom is -0.494 e. The lowest BCUT2D eigenvalue weighted by atomic mass is 10.1. The number of carbonyl (C=O) groups excluding carboxylic acids is 1. The van der Waals surface area contributed by atoms with Gasteiger partial charge in [0.25, 0.3) is 0 Å². The van der Waals surface area contributed by atoms with Gasteiger partial charge in [-0.2, -0.15) is 0 Å². The largest absolute Gasteiger partial charge is 0.494 e. The van der Waals surface area contributed by atoms with Gasteiger partial charge in [0.1, 0.15) is 11.6 Å². The van der Waals surface area contributed by atoms with E-state index in [-0.39, 0.29) is 28.7 Å². The molecule has 0 radical (unpaired) electrons. The molecular formula is C30H29F2N5O3. The minimum absolute atomic E-state index is 0.0776. The summed E-state index contributed by atoms with van der Waals surface area (Å²) in [4.78, 5) is 21.2. The second-order valence-electron chi connectivity index (χ2n) is 9.57. The summed E-state index contributed by atoms with van der Waals surface area (Å²) in [5.74, 6) is -0.904. The Kier molecular flexibility index (Phi) is 7.50. The molecule has 0 aliphatic heterocycles. The van der Waals surface area contributed by atoms with Gasteiger partial charge in [0.15, 0.2) is 23.1 Å². The van der Waals surface area contributed by atoms with Crippen LogP contribution in [0.15, 0.2) is 55.3 Å². The van der Waals surface area contributed by atoms with Crippen molar-refractivity contribution in [1.29, 1.82) is 0 Å². The van der Waals surface area contributed by atoms with E-state index in [1.807, 2.05) is 25.1 Å². The highest BCUT2D eigenvalue weighted by Gasteiger charge is 2.25. The molecule has 0 spiro atoms. The number of ether oxygens (including phenoxy) is 2. The summed E-state index contributed by atoms with van der Waals surface area (Å²) >= 11 is 0. The number of fused-ring (bicyclic) bond motifs is 1. The molecule has 2 heterocycles. The molecule has 2 aromatic carbocycles. The van der Waals surface area contributed by atoms with Gasteiger partial charge in [-0.25, -0.2) is 18.7 Å². The van der Waals surface area contributed by atoms with Gasteiger partial charge in [0, 0.05) is 29.6 Å². The summed E-state index contributed by atoms with van der Waals surface area (Å²) in [5, 5.41) is 10.8. The molecule has 0 bridgehead atoms. The van der Waals surface area contributed by atoms with Gasteiger partial charge in [-0.05, 0) is 55.5 Å². The number of nitrogens with one attached hydrogen (secondary N) is 3. The van der Waals surface area contributed by atoms with Crippen molar-refractivity contribution in [2.24, 2.45) is 5.92 Å². The van der Waals surface area contributed by atoms with E-state index in [2.05, 4.69) is 32.5 Å². The van der Waals surface area contributed by atoms with E-state index in [9.17, 15) is 4.79 Å². The first-order valence-electron chi connectivity index (χ1n) is 12.8. The Morgan fingerprint density at radius 3 is 2.50 bits per heavy atom. The van der Waals surface area contributed by atoms with E-state index in [0.29, 0.717) is 46.2 Å². The number of benzene rings is 2. The highest BCUT2D eigenvalue weighted by Crippen LogP contribution is 2.40. The van der Waals surface area contributed by atoms with Gasteiger partial charge in [-0.15, -0.1) is 0 Å². The zero-order valence-corrected chi connectivity index (χ0v) is 22.4. The molecule has 0 unspecified atom stereocenters. The molecule has 1 saturated carbocycles. The van der Waals surface area contributed by atoms with Gasteiger partial charge in [0.05, 0.1) is 36.9 Å². The van der Waals surface area contributed by atoms with Gasteiger partial charge in [-0.1, -0.05) is 18.7 Å². The van der Waals surface area contributed by atoms with Crippen LogP contribution in [0.4, 0.5) is 31.8 Å². The standard InChI is InChI=1S/C30H29F2N5O3/c1-5-25(38)35-20-8-6-7-16(2)29(20)37-24-12-19-18(15-33-24)11-21(36-30(19)34-14-17-9-10-17)26-27(31)22(39-3)13-23(40-4)28(26)32/h5-8,11-13,15,17H,1,9-10,14H2,2-4H3,(H,33,37)(H,34,36)(H,35,38). The SMILES string of the molecule is C=CC(=O)Nc1cccc(C)c1Nc1cc2c(NCC3CC3)nc(-c3c(F)c(OC)cc(OC)c3F)cc2cn1. The zero-order valence-electron chi connectivity index (χ0n) is 22.4. The van der Waals surface area contributed by atoms with Gasteiger partial charge >= 0.3 is 0 Å². The summed E-state index contributed by atoms with van der Waals surface area (Å²) < 4.78 is 40.9. The number of pyridine rings is 2. The molecule has 0 atom stereocenters. The van der Waals surface area contributed by atoms with Crippen LogP contribution in [0.25, 0.3) is 22.0 Å². The molecule has 1 aliphatic rings. The third kappa shape index (κ3) is 5.38. The van der Waals surface area contributed by atoms with Gasteiger partial charge in [0.2, 0.25) is 5.91 Å². The van der Waals surface area contributed by atoms with Crippen molar-refractivity contribution in [3.8, 4) is 22.8 Å². The molecule has 1 fully saturated rings. The molecule has 10 heteroatoms. The predicted octanol–water partition coefficient (Wildman–Crippen LogP) is 6.59. The molecule has 206 valence electrons. The number of carbonyl (C=O) groups is 1. The van der Waals surface area contributed by atoms with Crippen molar-refractivity contribution in [3.63, 3.8) is 0 Å². The molecule has 40 heavy (non-hydrogen) atoms. The lowest BCUT2D eigenvalue weighted by Gasteiger charge is -2.17. The fourth-order valence-electron chi connectivity index (χ4n) is 4.40. The molecule has 8 nitrogen and oxygen atoms in total. The first-order valence-corrected chi connectivity index (χ1v) is 12.8. The van der Waals surface area contributed by atoms with E-state index >= 15 is 8.78 Å². The third-order valence-electron chi connectivity index (χ3n) is 6.77. The summed E-state index contributed by atoms with van der Waals surface area (Å²) in [6.45, 7) is 6.10. The highest BCUT2D eigenvalue weighted by molar-refractivity contribution is 6.02. The Bertz CT molecular complexity index is 1590. The summed E-state index contributed by atoms with van der Waals surface area (Å²) in [6.07, 6.45) is 5.04. The maximum absolute atomic E-state index is 15.3. The fraction of sp³-hybridized carbons (Fsp3) is 0.233. The van der Waals surface area contributed by atoms with E-state index < -0.39 is 11.6 Å². The van der Waals surface area contributed by atoms with E-state index in [1.165, 1.54) is 20.3 Å². The maximum atomic E-state index is 15.3. The summed E-state index contributed by atoms with van der Waals surface area (Å²) in [6, 6.07) is 10.1. The highest BCUT2D eigenvalue weighted by atomic mass is 19.1. The summed E-state index contributed by atoms with van der Waals surface area (Å²) in [5.41, 5.74) is 1.87. The molecule has 4 aromatic rings. The summed E-state index contributed by atoms with van der Waals surface area (Å²) in [7, 11) is 2.61. The number of para-hydroxylation sites is 1. The number of anilines is 4. The Hall–Kier alpha value is -4.73. The molecule has 2 aromatic heterocycles. The first-order chi connectivity index (χ1) is 19.3. The normalized spacial score (nSPS) is 12.6. The van der Waals surface area contributed by atoms with Gasteiger partial charge < -0.3 is 25.4 Å². The van der Waals surface area contributed by atoms with E-state index in [4.69, 9.17) is 9.47 Å². The van der Waals surface area contributed by atoms with Gasteiger partial charge in [-0.3, -0.25) is 4.79 Å². The van der Waals surface area contributed by atoms with Crippen LogP contribution < -0.4 is 25.4 Å². The number of hydrogen-bond donors (Lipinski definition) is 3. The number of aromatic nitrogens is 2. The van der Waals surface area contributed by atoms with Crippen molar-refractivity contribution >= 4 is 39.7 Å². The second-order valence-corrected chi connectivity index (χ2v) is 9.57. The molecule has 1 aliphatic carbocycles. The average molecular weight is 546 g/mol. The lowest BCUT2D eigenvalue weighted by molar-refractivity contribution is -0.111. The van der Waals surface area contributed by atoms with Crippen molar-refractivity contribution in [2.75, 3.05) is 36.7 Å². The fourth-order valence-corrected chi connectivity index (χ4v) is 4.40. The number of methoxy groups -OCH3 is 2. The van der Waals surface area contributed by atoms with Crippen LogP contribution in [0.5, 0.6) is 11.5 Å².